The molecule has 1 aromatic heterocycles. The van der Waals surface area contributed by atoms with Gasteiger partial charge in [0.15, 0.2) is 0 Å². The highest BCUT2D eigenvalue weighted by Gasteiger charge is 2.29. The van der Waals surface area contributed by atoms with E-state index in [0.717, 1.165) is 12.8 Å². The van der Waals surface area contributed by atoms with Crippen molar-refractivity contribution in [2.45, 2.75) is 38.3 Å². The van der Waals surface area contributed by atoms with Crippen molar-refractivity contribution >= 4 is 35.1 Å². The lowest BCUT2D eigenvalue weighted by atomic mass is 10.1. The molecule has 1 fully saturated rings. The third-order valence-electron chi connectivity index (χ3n) is 4.67. The number of rotatable bonds is 7. The Balaban J connectivity index is 1.53. The van der Waals surface area contributed by atoms with Gasteiger partial charge in [-0.3, -0.25) is 4.79 Å². The van der Waals surface area contributed by atoms with Gasteiger partial charge in [0.25, 0.3) is 0 Å². The quantitative estimate of drug-likeness (QED) is 0.684. The third-order valence-corrected chi connectivity index (χ3v) is 5.11. The zero-order chi connectivity index (χ0) is 21.0. The summed E-state index contributed by atoms with van der Waals surface area (Å²) in [7, 11) is 0. The fourth-order valence-electron chi connectivity index (χ4n) is 3.07. The molecule has 2 heterocycles. The van der Waals surface area contributed by atoms with E-state index >= 15 is 0 Å². The number of likely N-dealkylation sites (tertiary alicyclic amines) is 1. The Morgan fingerprint density at radius 3 is 2.79 bits per heavy atom. The maximum Gasteiger partial charge on any atom is 0.321 e. The Labute approximate surface area is 179 Å². The average molecular weight is 437 g/mol. The molecule has 0 unspecified atom stereocenters. The van der Waals surface area contributed by atoms with Crippen LogP contribution in [0.5, 0.6) is 0 Å². The summed E-state index contributed by atoms with van der Waals surface area (Å²) in [6.45, 7) is 5.14. The summed E-state index contributed by atoms with van der Waals surface area (Å²) in [5, 5.41) is 20.3. The van der Waals surface area contributed by atoms with Crippen LogP contribution in [-0.2, 0) is 4.79 Å². The van der Waals surface area contributed by atoms with Crippen LogP contribution < -0.4 is 10.6 Å². The second-order valence-corrected chi connectivity index (χ2v) is 8.42. The number of nitrogens with one attached hydrogen (secondary N) is 2. The summed E-state index contributed by atoms with van der Waals surface area (Å²) >= 11 is 12.0. The van der Waals surface area contributed by atoms with Crippen molar-refractivity contribution in [3.05, 3.63) is 28.2 Å². The predicted octanol–water partition coefficient (Wildman–Crippen LogP) is 3.34. The fraction of sp³-hybridized carbons (Fsp3) is 0.474. The van der Waals surface area contributed by atoms with Crippen molar-refractivity contribution in [1.82, 2.24) is 20.4 Å². The van der Waals surface area contributed by atoms with E-state index in [1.165, 1.54) is 0 Å². The number of nitriles is 1. The second-order valence-electron chi connectivity index (χ2n) is 7.55. The molecule has 0 saturated carbocycles. The number of aromatic nitrogens is 2. The number of anilines is 1. The van der Waals surface area contributed by atoms with Crippen LogP contribution in [0.3, 0.4) is 0 Å². The number of hydrogen-bond donors (Lipinski definition) is 2. The molecule has 1 amide bonds. The van der Waals surface area contributed by atoms with E-state index in [1.807, 2.05) is 13.8 Å². The van der Waals surface area contributed by atoms with Crippen LogP contribution in [0.2, 0.25) is 10.0 Å². The number of carbonyl (C=O) groups is 1. The van der Waals surface area contributed by atoms with Crippen molar-refractivity contribution < 1.29 is 9.32 Å². The molecule has 1 aliphatic rings. The normalized spacial score (nSPS) is 16.7. The lowest BCUT2D eigenvalue weighted by Gasteiger charge is -2.28. The van der Waals surface area contributed by atoms with Gasteiger partial charge in [-0.15, -0.1) is 0 Å². The molecule has 2 aromatic rings. The molecule has 1 aromatic carbocycles. The molecule has 154 valence electrons. The summed E-state index contributed by atoms with van der Waals surface area (Å²) in [6.07, 6.45) is 1.61. The van der Waals surface area contributed by atoms with Gasteiger partial charge in [0.1, 0.15) is 6.04 Å². The second kappa shape index (κ2) is 8.99. The fourth-order valence-corrected chi connectivity index (χ4v) is 3.60. The monoisotopic (exact) mass is 436 g/mol. The molecule has 0 spiro atoms. The van der Waals surface area contributed by atoms with Gasteiger partial charge in [0, 0.05) is 34.2 Å². The van der Waals surface area contributed by atoms with Gasteiger partial charge in [-0.25, -0.2) is 0 Å². The van der Waals surface area contributed by atoms with E-state index in [0.29, 0.717) is 34.5 Å². The summed E-state index contributed by atoms with van der Waals surface area (Å²) in [5.41, 5.74) is 0.228. The van der Waals surface area contributed by atoms with Crippen LogP contribution in [0.25, 0.3) is 11.4 Å². The van der Waals surface area contributed by atoms with Gasteiger partial charge >= 0.3 is 6.01 Å². The number of amides is 1. The van der Waals surface area contributed by atoms with Crippen molar-refractivity contribution in [3.63, 3.8) is 0 Å². The zero-order valence-corrected chi connectivity index (χ0v) is 17.7. The van der Waals surface area contributed by atoms with Crippen LogP contribution in [-0.4, -0.2) is 52.2 Å². The van der Waals surface area contributed by atoms with Crippen LogP contribution in [0.15, 0.2) is 22.7 Å². The maximum atomic E-state index is 12.4. The molecule has 10 heteroatoms. The first-order valence-corrected chi connectivity index (χ1v) is 10.0. The van der Waals surface area contributed by atoms with Gasteiger partial charge in [-0.05, 0) is 44.9 Å². The van der Waals surface area contributed by atoms with Crippen LogP contribution in [0, 0.1) is 11.3 Å². The minimum absolute atomic E-state index is 0.0694. The lowest BCUT2D eigenvalue weighted by molar-refractivity contribution is -0.130. The van der Waals surface area contributed by atoms with E-state index in [1.54, 1.807) is 23.1 Å². The molecule has 0 bridgehead atoms. The van der Waals surface area contributed by atoms with Gasteiger partial charge in [-0.1, -0.05) is 28.4 Å². The highest BCUT2D eigenvalue weighted by atomic mass is 35.5. The first kappa shape index (κ1) is 21.4. The van der Waals surface area contributed by atoms with Crippen LogP contribution >= 0.6 is 23.2 Å². The molecule has 0 aliphatic carbocycles. The third kappa shape index (κ3) is 5.60. The van der Waals surface area contributed by atoms with E-state index in [-0.39, 0.29) is 24.5 Å². The zero-order valence-electron chi connectivity index (χ0n) is 16.2. The van der Waals surface area contributed by atoms with Crippen molar-refractivity contribution in [2.24, 2.45) is 0 Å². The molecule has 2 N–H and O–H groups in total. The maximum absolute atomic E-state index is 12.4. The molecular formula is C19H22Cl2N6O2. The summed E-state index contributed by atoms with van der Waals surface area (Å²) in [4.78, 5) is 18.3. The summed E-state index contributed by atoms with van der Waals surface area (Å²) in [6, 6.07) is 7.14. The van der Waals surface area contributed by atoms with Crippen molar-refractivity contribution in [3.8, 4) is 17.5 Å². The predicted molar refractivity (Wildman–Crippen MR) is 111 cm³/mol. The Bertz CT molecular complexity index is 903. The topological polar surface area (TPSA) is 107 Å². The largest absolute Gasteiger partial charge is 0.336 e. The van der Waals surface area contributed by atoms with Gasteiger partial charge in [-0.2, -0.15) is 10.2 Å². The molecule has 29 heavy (non-hydrogen) atoms. The molecule has 1 saturated heterocycles. The molecule has 1 aliphatic heterocycles. The number of carbonyl (C=O) groups excluding carboxylic acids is 1. The smallest absolute Gasteiger partial charge is 0.321 e. The minimum Gasteiger partial charge on any atom is -0.336 e. The Morgan fingerprint density at radius 1 is 1.38 bits per heavy atom. The molecule has 0 radical (unpaired) electrons. The number of nitrogens with zero attached hydrogens (tertiary/aromatic N) is 4. The van der Waals surface area contributed by atoms with E-state index in [4.69, 9.17) is 33.0 Å². The first-order chi connectivity index (χ1) is 13.8. The van der Waals surface area contributed by atoms with Gasteiger partial charge < -0.3 is 20.1 Å². The SMILES string of the molecule is CC(C)(CNc1nc(-c2cc(Cl)cc(Cl)c2)no1)NCC(=O)N1CCC[C@H]1C#N. The molecule has 3 rings (SSSR count). The Morgan fingerprint density at radius 2 is 2.10 bits per heavy atom. The number of hydrogen-bond acceptors (Lipinski definition) is 7. The van der Waals surface area contributed by atoms with E-state index in [2.05, 4.69) is 26.8 Å². The van der Waals surface area contributed by atoms with Crippen LogP contribution in [0.4, 0.5) is 6.01 Å². The number of benzene rings is 1. The van der Waals surface area contributed by atoms with Gasteiger partial charge in [0.05, 0.1) is 12.6 Å². The standard InChI is InChI=1S/C19H22Cl2N6O2/c1-19(2,24-10-16(28)27-5-3-4-15(27)9-22)11-23-18-25-17(26-29-18)12-6-13(20)8-14(21)7-12/h6-8,15,24H,3-5,10-11H2,1-2H3,(H,23,25,26)/t15-/m0/s1. The highest BCUT2D eigenvalue weighted by molar-refractivity contribution is 6.35. The van der Waals surface area contributed by atoms with Crippen LogP contribution in [0.1, 0.15) is 26.7 Å². The highest BCUT2D eigenvalue weighted by Crippen LogP contribution is 2.26. The first-order valence-electron chi connectivity index (χ1n) is 9.25. The van der Waals surface area contributed by atoms with Crippen molar-refractivity contribution in [1.29, 1.82) is 5.26 Å². The van der Waals surface area contributed by atoms with E-state index in [9.17, 15) is 4.79 Å². The number of halogens is 2. The van der Waals surface area contributed by atoms with E-state index < -0.39 is 5.54 Å². The van der Waals surface area contributed by atoms with Crippen molar-refractivity contribution in [2.75, 3.05) is 25.0 Å². The molecule has 8 nitrogen and oxygen atoms in total. The lowest BCUT2D eigenvalue weighted by Crippen LogP contribution is -2.50. The average Bonchev–Trinajstić information content (AvgIpc) is 3.33. The summed E-state index contributed by atoms with van der Waals surface area (Å²) in [5.74, 6) is 0.300. The molecule has 1 atom stereocenters. The minimum atomic E-state index is -0.425. The Hall–Kier alpha value is -2.34. The van der Waals surface area contributed by atoms with Gasteiger partial charge in [0.2, 0.25) is 11.7 Å². The molecular weight excluding hydrogens is 415 g/mol. The Kier molecular flexibility index (Phi) is 6.63. The summed E-state index contributed by atoms with van der Waals surface area (Å²) < 4.78 is 5.23.